The van der Waals surface area contributed by atoms with Crippen LogP contribution in [-0.4, -0.2) is 11.0 Å². The molecule has 0 spiro atoms. The van der Waals surface area contributed by atoms with E-state index in [0.717, 1.165) is 6.08 Å². The number of halogens is 1. The maximum atomic E-state index is 12.4. The van der Waals surface area contributed by atoms with Crippen LogP contribution in [0.4, 0.5) is 4.39 Å². The molecule has 0 aromatic carbocycles. The SMILES string of the molecule is C=C(F)/C=C\C(=C)N/C(OC(C)C)=C(\C)[N+](=O)[O-]. The van der Waals surface area contributed by atoms with Crippen molar-refractivity contribution in [2.45, 2.75) is 26.9 Å². The number of rotatable bonds is 7. The van der Waals surface area contributed by atoms with Crippen molar-refractivity contribution in [3.8, 4) is 0 Å². The van der Waals surface area contributed by atoms with Gasteiger partial charge in [0, 0.05) is 12.6 Å². The van der Waals surface area contributed by atoms with Crippen molar-refractivity contribution in [2.24, 2.45) is 0 Å². The lowest BCUT2D eigenvalue weighted by Crippen LogP contribution is -2.20. The molecular formula is C12H17FN2O3. The van der Waals surface area contributed by atoms with E-state index in [9.17, 15) is 14.5 Å². The lowest BCUT2D eigenvalue weighted by Gasteiger charge is -2.14. The molecule has 0 saturated heterocycles. The number of ether oxygens (including phenoxy) is 1. The Hall–Kier alpha value is -2.11. The fourth-order valence-electron chi connectivity index (χ4n) is 0.902. The topological polar surface area (TPSA) is 64.4 Å². The summed E-state index contributed by atoms with van der Waals surface area (Å²) >= 11 is 0. The third kappa shape index (κ3) is 6.47. The predicted octanol–water partition coefficient (Wildman–Crippen LogP) is 3.02. The van der Waals surface area contributed by atoms with Crippen LogP contribution in [0, 0.1) is 10.1 Å². The fraction of sp³-hybridized carbons (Fsp3) is 0.333. The van der Waals surface area contributed by atoms with Crippen LogP contribution in [0.2, 0.25) is 0 Å². The van der Waals surface area contributed by atoms with Gasteiger partial charge in [-0.1, -0.05) is 13.2 Å². The minimum atomic E-state index is -0.640. The van der Waals surface area contributed by atoms with E-state index in [1.165, 1.54) is 13.0 Å². The molecule has 6 heteroatoms. The molecule has 0 bridgehead atoms. The minimum absolute atomic E-state index is 0.0193. The molecule has 0 atom stereocenters. The second kappa shape index (κ2) is 7.26. The van der Waals surface area contributed by atoms with Gasteiger partial charge in [0.05, 0.1) is 11.0 Å². The number of nitro groups is 1. The van der Waals surface area contributed by atoms with Gasteiger partial charge in [-0.05, 0) is 26.0 Å². The van der Waals surface area contributed by atoms with Gasteiger partial charge in [-0.3, -0.25) is 10.1 Å². The van der Waals surface area contributed by atoms with Crippen LogP contribution in [0.3, 0.4) is 0 Å². The average Bonchev–Trinajstić information content (AvgIpc) is 2.23. The molecular weight excluding hydrogens is 239 g/mol. The van der Waals surface area contributed by atoms with Crippen LogP contribution in [0.15, 0.2) is 48.4 Å². The lowest BCUT2D eigenvalue weighted by atomic mass is 10.3. The van der Waals surface area contributed by atoms with Crippen molar-refractivity contribution in [1.29, 1.82) is 0 Å². The van der Waals surface area contributed by atoms with E-state index in [2.05, 4.69) is 18.5 Å². The van der Waals surface area contributed by atoms with E-state index < -0.39 is 10.8 Å². The molecule has 0 aliphatic heterocycles. The van der Waals surface area contributed by atoms with Gasteiger partial charge in [0.1, 0.15) is 5.83 Å². The molecule has 0 aliphatic carbocycles. The van der Waals surface area contributed by atoms with Gasteiger partial charge in [0.25, 0.3) is 5.88 Å². The Bertz CT molecular complexity index is 412. The van der Waals surface area contributed by atoms with E-state index in [0.29, 0.717) is 0 Å². The zero-order valence-corrected chi connectivity index (χ0v) is 10.7. The quantitative estimate of drug-likeness (QED) is 0.329. The van der Waals surface area contributed by atoms with Crippen LogP contribution in [0.25, 0.3) is 0 Å². The molecule has 0 radical (unpaired) electrons. The molecule has 18 heavy (non-hydrogen) atoms. The fourth-order valence-corrected chi connectivity index (χ4v) is 0.902. The largest absolute Gasteiger partial charge is 0.472 e. The van der Waals surface area contributed by atoms with Gasteiger partial charge in [0.15, 0.2) is 0 Å². The Morgan fingerprint density at radius 3 is 2.39 bits per heavy atom. The van der Waals surface area contributed by atoms with Crippen molar-refractivity contribution >= 4 is 0 Å². The van der Waals surface area contributed by atoms with Gasteiger partial charge in [0.2, 0.25) is 0 Å². The van der Waals surface area contributed by atoms with Crippen molar-refractivity contribution in [2.75, 3.05) is 0 Å². The standard InChI is InChI=1S/C12H17FN2O3/c1-8(2)18-12(11(5)15(16)17)14-10(4)7-6-9(3)13/h6-8,14H,3-4H2,1-2,5H3/b7-6-,12-11-. The molecule has 0 amide bonds. The minimum Gasteiger partial charge on any atom is -0.472 e. The summed E-state index contributed by atoms with van der Waals surface area (Å²) in [6.45, 7) is 11.4. The molecule has 0 fully saturated rings. The van der Waals surface area contributed by atoms with Crippen LogP contribution >= 0.6 is 0 Å². The molecule has 0 aromatic rings. The third-order valence-corrected chi connectivity index (χ3v) is 1.70. The van der Waals surface area contributed by atoms with Gasteiger partial charge in [-0.2, -0.15) is 0 Å². The first-order valence-electron chi connectivity index (χ1n) is 5.24. The van der Waals surface area contributed by atoms with Crippen LogP contribution < -0.4 is 5.32 Å². The van der Waals surface area contributed by atoms with E-state index in [4.69, 9.17) is 4.74 Å². The summed E-state index contributed by atoms with van der Waals surface area (Å²) in [6.07, 6.45) is 2.15. The first-order valence-corrected chi connectivity index (χ1v) is 5.24. The Morgan fingerprint density at radius 2 is 2.00 bits per heavy atom. The Balaban J connectivity index is 4.92. The number of hydrogen-bond donors (Lipinski definition) is 1. The Morgan fingerprint density at radius 1 is 1.44 bits per heavy atom. The summed E-state index contributed by atoms with van der Waals surface area (Å²) in [5, 5.41) is 13.3. The van der Waals surface area contributed by atoms with Crippen LogP contribution in [0.1, 0.15) is 20.8 Å². The summed E-state index contributed by atoms with van der Waals surface area (Å²) in [7, 11) is 0. The van der Waals surface area contributed by atoms with Crippen molar-refractivity contribution in [3.05, 3.63) is 58.5 Å². The summed E-state index contributed by atoms with van der Waals surface area (Å²) in [5.74, 6) is -0.659. The zero-order valence-electron chi connectivity index (χ0n) is 10.7. The van der Waals surface area contributed by atoms with E-state index in [1.807, 2.05) is 0 Å². The average molecular weight is 256 g/mol. The highest BCUT2D eigenvalue weighted by Crippen LogP contribution is 2.09. The van der Waals surface area contributed by atoms with Crippen molar-refractivity contribution < 1.29 is 14.1 Å². The smallest absolute Gasteiger partial charge is 0.302 e. The third-order valence-electron chi connectivity index (χ3n) is 1.70. The van der Waals surface area contributed by atoms with Crippen LogP contribution in [-0.2, 0) is 4.74 Å². The van der Waals surface area contributed by atoms with E-state index in [1.54, 1.807) is 13.8 Å². The molecule has 0 saturated carbocycles. The molecule has 0 unspecified atom stereocenters. The van der Waals surface area contributed by atoms with E-state index in [-0.39, 0.29) is 23.4 Å². The highest BCUT2D eigenvalue weighted by molar-refractivity contribution is 5.22. The maximum Gasteiger partial charge on any atom is 0.302 e. The summed E-state index contributed by atoms with van der Waals surface area (Å²) < 4.78 is 17.7. The lowest BCUT2D eigenvalue weighted by molar-refractivity contribution is -0.428. The van der Waals surface area contributed by atoms with Gasteiger partial charge >= 0.3 is 5.70 Å². The van der Waals surface area contributed by atoms with Gasteiger partial charge in [-0.15, -0.1) is 0 Å². The molecule has 0 aliphatic rings. The highest BCUT2D eigenvalue weighted by Gasteiger charge is 2.16. The molecule has 0 aromatic heterocycles. The Kier molecular flexibility index (Phi) is 6.41. The molecule has 100 valence electrons. The highest BCUT2D eigenvalue weighted by atomic mass is 19.1. The molecule has 5 nitrogen and oxygen atoms in total. The zero-order chi connectivity index (χ0) is 14.3. The van der Waals surface area contributed by atoms with Crippen LogP contribution in [0.5, 0.6) is 0 Å². The first-order chi connectivity index (χ1) is 8.23. The second-order valence-corrected chi connectivity index (χ2v) is 3.77. The first kappa shape index (κ1) is 15.9. The molecule has 0 rings (SSSR count). The Labute approximate surface area is 105 Å². The van der Waals surface area contributed by atoms with Crippen molar-refractivity contribution in [3.63, 3.8) is 0 Å². The summed E-state index contributed by atoms with van der Waals surface area (Å²) in [4.78, 5) is 10.1. The summed E-state index contributed by atoms with van der Waals surface area (Å²) in [5.41, 5.74) is 0.0722. The number of nitrogens with zero attached hydrogens (tertiary/aromatic N) is 1. The number of allylic oxidation sites excluding steroid dienone is 4. The van der Waals surface area contributed by atoms with Gasteiger partial charge in [-0.25, -0.2) is 4.39 Å². The molecule has 0 heterocycles. The monoisotopic (exact) mass is 256 g/mol. The van der Waals surface area contributed by atoms with E-state index >= 15 is 0 Å². The second-order valence-electron chi connectivity index (χ2n) is 3.77. The number of nitrogens with one attached hydrogen (secondary N) is 1. The van der Waals surface area contributed by atoms with Gasteiger partial charge < -0.3 is 10.1 Å². The number of hydrogen-bond acceptors (Lipinski definition) is 4. The predicted molar refractivity (Wildman–Crippen MR) is 67.6 cm³/mol. The van der Waals surface area contributed by atoms with Crippen molar-refractivity contribution in [1.82, 2.24) is 5.32 Å². The summed E-state index contributed by atoms with van der Waals surface area (Å²) in [6, 6.07) is 0. The molecule has 1 N–H and O–H groups in total. The maximum absolute atomic E-state index is 12.4. The normalized spacial score (nSPS) is 12.3.